The summed E-state index contributed by atoms with van der Waals surface area (Å²) < 4.78 is 43.4. The van der Waals surface area contributed by atoms with Crippen molar-refractivity contribution in [1.82, 2.24) is 0 Å². The summed E-state index contributed by atoms with van der Waals surface area (Å²) in [5.74, 6) is -0.784. The highest BCUT2D eigenvalue weighted by molar-refractivity contribution is 5.85. The number of benzene rings is 2. The molecule has 0 aliphatic rings. The average Bonchev–Trinajstić information content (AvgIpc) is 2.47. The van der Waals surface area contributed by atoms with Crippen molar-refractivity contribution in [2.45, 2.75) is 18.6 Å². The molecule has 2 aromatic carbocycles. The molecule has 0 aliphatic carbocycles. The zero-order chi connectivity index (χ0) is 17.0. The Balaban J connectivity index is 0.00000288. The topological polar surface area (TPSA) is 72.5 Å². The number of hydrogen-bond donors (Lipinski definition) is 2. The summed E-state index contributed by atoms with van der Waals surface area (Å²) in [7, 11) is 0. The van der Waals surface area contributed by atoms with E-state index in [9.17, 15) is 18.0 Å². The maximum absolute atomic E-state index is 12.7. The minimum atomic E-state index is -4.45. The molecular formula is C16H15ClF3NO3. The van der Waals surface area contributed by atoms with Crippen molar-refractivity contribution < 1.29 is 27.8 Å². The molecule has 4 nitrogen and oxygen atoms in total. The van der Waals surface area contributed by atoms with Crippen molar-refractivity contribution in [1.29, 1.82) is 0 Å². The molecule has 24 heavy (non-hydrogen) atoms. The maximum atomic E-state index is 12.7. The highest BCUT2D eigenvalue weighted by Crippen LogP contribution is 2.32. The molecule has 0 heterocycles. The summed E-state index contributed by atoms with van der Waals surface area (Å²) in [6, 6.07) is 9.85. The predicted molar refractivity (Wildman–Crippen MR) is 84.5 cm³/mol. The van der Waals surface area contributed by atoms with E-state index in [1.54, 1.807) is 24.3 Å². The molecule has 130 valence electrons. The maximum Gasteiger partial charge on any atom is 0.416 e. The lowest BCUT2D eigenvalue weighted by molar-refractivity contribution is -0.139. The van der Waals surface area contributed by atoms with E-state index in [-0.39, 0.29) is 24.6 Å². The number of carboxylic acids is 1. The first-order chi connectivity index (χ1) is 10.8. The monoisotopic (exact) mass is 361 g/mol. The molecule has 0 saturated carbocycles. The van der Waals surface area contributed by atoms with Gasteiger partial charge in [0.2, 0.25) is 0 Å². The van der Waals surface area contributed by atoms with Crippen LogP contribution in [0.3, 0.4) is 0 Å². The quantitative estimate of drug-likeness (QED) is 0.847. The van der Waals surface area contributed by atoms with E-state index < -0.39 is 23.8 Å². The van der Waals surface area contributed by atoms with Gasteiger partial charge in [-0.05, 0) is 42.3 Å². The Morgan fingerprint density at radius 3 is 2.29 bits per heavy atom. The Hall–Kier alpha value is -2.25. The molecule has 8 heteroatoms. The molecule has 0 radical (unpaired) electrons. The van der Waals surface area contributed by atoms with Crippen LogP contribution in [-0.4, -0.2) is 17.1 Å². The van der Waals surface area contributed by atoms with Crippen LogP contribution in [0.1, 0.15) is 11.1 Å². The number of halogens is 4. The standard InChI is InChI=1S/C16H14F3NO3.ClH/c17-16(18,19)11-4-2-6-13(9-11)23-12-5-1-3-10(7-12)8-14(20)15(21)22;/h1-7,9,14H,8,20H2,(H,21,22);1H. The largest absolute Gasteiger partial charge is 0.480 e. The Labute approximate surface area is 142 Å². The number of ether oxygens (including phenoxy) is 1. The number of alkyl halides is 3. The molecule has 0 fully saturated rings. The van der Waals surface area contributed by atoms with Crippen molar-refractivity contribution >= 4 is 18.4 Å². The molecule has 1 unspecified atom stereocenters. The van der Waals surface area contributed by atoms with Gasteiger partial charge in [-0.15, -0.1) is 12.4 Å². The minimum Gasteiger partial charge on any atom is -0.480 e. The third kappa shape index (κ3) is 5.43. The van der Waals surface area contributed by atoms with Gasteiger partial charge in [0.05, 0.1) is 5.56 Å². The van der Waals surface area contributed by atoms with Crippen LogP contribution in [0.4, 0.5) is 13.2 Å². The number of carboxylic acid groups (broad SMARTS) is 1. The Bertz CT molecular complexity index is 707. The van der Waals surface area contributed by atoms with Gasteiger partial charge < -0.3 is 15.6 Å². The summed E-state index contributed by atoms with van der Waals surface area (Å²) in [5, 5.41) is 8.79. The van der Waals surface area contributed by atoms with Crippen molar-refractivity contribution in [3.8, 4) is 11.5 Å². The third-order valence-electron chi connectivity index (χ3n) is 3.07. The highest BCUT2D eigenvalue weighted by atomic mass is 35.5. The van der Waals surface area contributed by atoms with Crippen LogP contribution in [0.25, 0.3) is 0 Å². The van der Waals surface area contributed by atoms with E-state index >= 15 is 0 Å². The fraction of sp³-hybridized carbons (Fsp3) is 0.188. The summed E-state index contributed by atoms with van der Waals surface area (Å²) in [6.07, 6.45) is -4.36. The Kier molecular flexibility index (Phi) is 6.62. The predicted octanol–water partition coefficient (Wildman–Crippen LogP) is 3.87. The smallest absolute Gasteiger partial charge is 0.416 e. The minimum absolute atomic E-state index is 0. The summed E-state index contributed by atoms with van der Waals surface area (Å²) in [6.45, 7) is 0. The molecule has 0 bridgehead atoms. The van der Waals surface area contributed by atoms with Crippen LogP contribution < -0.4 is 10.5 Å². The normalized spacial score (nSPS) is 12.2. The molecular weight excluding hydrogens is 347 g/mol. The van der Waals surface area contributed by atoms with E-state index in [2.05, 4.69) is 0 Å². The number of carbonyl (C=O) groups is 1. The molecule has 0 spiro atoms. The highest BCUT2D eigenvalue weighted by Gasteiger charge is 2.30. The second-order valence-corrected chi connectivity index (χ2v) is 4.92. The number of aliphatic carboxylic acids is 1. The van der Waals surface area contributed by atoms with Crippen molar-refractivity contribution in [3.63, 3.8) is 0 Å². The van der Waals surface area contributed by atoms with Crippen molar-refractivity contribution in [2.75, 3.05) is 0 Å². The van der Waals surface area contributed by atoms with Gasteiger partial charge in [-0.1, -0.05) is 18.2 Å². The lowest BCUT2D eigenvalue weighted by Crippen LogP contribution is -2.32. The van der Waals surface area contributed by atoms with Gasteiger partial charge in [-0.3, -0.25) is 4.79 Å². The average molecular weight is 362 g/mol. The van der Waals surface area contributed by atoms with Crippen LogP contribution >= 0.6 is 12.4 Å². The van der Waals surface area contributed by atoms with Gasteiger partial charge in [-0.25, -0.2) is 0 Å². The van der Waals surface area contributed by atoms with Gasteiger partial charge in [0.15, 0.2) is 0 Å². The van der Waals surface area contributed by atoms with Gasteiger partial charge >= 0.3 is 12.1 Å². The fourth-order valence-corrected chi connectivity index (χ4v) is 1.95. The molecule has 0 amide bonds. The van der Waals surface area contributed by atoms with Gasteiger partial charge in [0.1, 0.15) is 17.5 Å². The van der Waals surface area contributed by atoms with Gasteiger partial charge in [0, 0.05) is 0 Å². The van der Waals surface area contributed by atoms with Gasteiger partial charge in [-0.2, -0.15) is 13.2 Å². The van der Waals surface area contributed by atoms with Crippen LogP contribution in [0.5, 0.6) is 11.5 Å². The number of hydrogen-bond acceptors (Lipinski definition) is 3. The number of nitrogens with two attached hydrogens (primary N) is 1. The first-order valence-corrected chi connectivity index (χ1v) is 6.68. The van der Waals surface area contributed by atoms with Gasteiger partial charge in [0.25, 0.3) is 0 Å². The first-order valence-electron chi connectivity index (χ1n) is 6.68. The fourth-order valence-electron chi connectivity index (χ4n) is 1.95. The second-order valence-electron chi connectivity index (χ2n) is 4.92. The van der Waals surface area contributed by atoms with E-state index in [1.807, 2.05) is 0 Å². The van der Waals surface area contributed by atoms with E-state index in [0.717, 1.165) is 12.1 Å². The second kappa shape index (κ2) is 8.03. The van der Waals surface area contributed by atoms with Crippen LogP contribution in [0.15, 0.2) is 48.5 Å². The van der Waals surface area contributed by atoms with Crippen LogP contribution in [0.2, 0.25) is 0 Å². The Morgan fingerprint density at radius 2 is 1.71 bits per heavy atom. The van der Waals surface area contributed by atoms with Crippen LogP contribution in [-0.2, 0) is 17.4 Å². The van der Waals surface area contributed by atoms with Crippen LogP contribution in [0, 0.1) is 0 Å². The first kappa shape index (κ1) is 19.8. The number of rotatable bonds is 5. The Morgan fingerprint density at radius 1 is 1.12 bits per heavy atom. The zero-order valence-electron chi connectivity index (χ0n) is 12.3. The molecule has 2 aromatic rings. The molecule has 2 rings (SSSR count). The summed E-state index contributed by atoms with van der Waals surface area (Å²) in [5.41, 5.74) is 5.26. The molecule has 3 N–H and O–H groups in total. The van der Waals surface area contributed by atoms with E-state index in [0.29, 0.717) is 11.3 Å². The molecule has 1 atom stereocenters. The zero-order valence-corrected chi connectivity index (χ0v) is 13.1. The van der Waals surface area contributed by atoms with E-state index in [1.165, 1.54) is 12.1 Å². The third-order valence-corrected chi connectivity index (χ3v) is 3.07. The van der Waals surface area contributed by atoms with Crippen molar-refractivity contribution in [3.05, 3.63) is 59.7 Å². The molecule has 0 aromatic heterocycles. The molecule has 0 saturated heterocycles. The lowest BCUT2D eigenvalue weighted by Gasteiger charge is -2.11. The SMILES string of the molecule is Cl.NC(Cc1cccc(Oc2cccc(C(F)(F)F)c2)c1)C(=O)O. The molecule has 0 aliphatic heterocycles. The van der Waals surface area contributed by atoms with Crippen molar-refractivity contribution in [2.24, 2.45) is 5.73 Å². The van der Waals surface area contributed by atoms with E-state index in [4.69, 9.17) is 15.6 Å². The summed E-state index contributed by atoms with van der Waals surface area (Å²) >= 11 is 0. The lowest BCUT2D eigenvalue weighted by atomic mass is 10.1. The summed E-state index contributed by atoms with van der Waals surface area (Å²) in [4.78, 5) is 10.7.